The van der Waals surface area contributed by atoms with E-state index in [1.165, 1.54) is 22.5 Å². The second-order valence-corrected chi connectivity index (χ2v) is 10.3. The molecule has 0 unspecified atom stereocenters. The molecular weight excluding hydrogens is 408 g/mol. The summed E-state index contributed by atoms with van der Waals surface area (Å²) in [6, 6.07) is 16.9. The van der Waals surface area contributed by atoms with Crippen molar-refractivity contribution in [1.82, 2.24) is 4.31 Å². The maximum Gasteiger partial charge on any atom is 0.261 e. The topological polar surface area (TPSA) is 83.6 Å². The zero-order chi connectivity index (χ0) is 21.2. The number of nitrogens with one attached hydrogen (secondary N) is 1. The van der Waals surface area contributed by atoms with E-state index in [1.807, 2.05) is 24.3 Å². The lowest BCUT2D eigenvalue weighted by molar-refractivity contribution is 0.445. The number of nitrogens with zero attached hydrogens (tertiary/aromatic N) is 1. The molecule has 0 bridgehead atoms. The van der Waals surface area contributed by atoms with Gasteiger partial charge in [-0.1, -0.05) is 50.2 Å². The highest BCUT2D eigenvalue weighted by molar-refractivity contribution is 7.92. The number of hydrogen-bond acceptors (Lipinski definition) is 4. The van der Waals surface area contributed by atoms with Crippen LogP contribution in [0.1, 0.15) is 19.4 Å². The van der Waals surface area contributed by atoms with Crippen molar-refractivity contribution in [3.05, 3.63) is 66.2 Å². The van der Waals surface area contributed by atoms with E-state index in [1.54, 1.807) is 39.0 Å². The van der Waals surface area contributed by atoms with Crippen LogP contribution in [0.25, 0.3) is 10.8 Å². The Labute approximate surface area is 172 Å². The minimum atomic E-state index is -3.88. The molecule has 0 fully saturated rings. The van der Waals surface area contributed by atoms with Crippen LogP contribution in [-0.2, 0) is 20.0 Å². The molecule has 0 aliphatic rings. The third-order valence-corrected chi connectivity index (χ3v) is 8.24. The van der Waals surface area contributed by atoms with E-state index in [2.05, 4.69) is 4.72 Å². The molecule has 6 nitrogen and oxygen atoms in total. The Balaban J connectivity index is 2.00. The standard InChI is InChI=1S/C21H24N2O4S2/c1-4-23(5-2)29(26,27)20-12-10-16(3)21(15-20)22-28(24,25)19-13-11-17-8-6-7-9-18(17)14-19/h6-15,22H,4-5H2,1-3H3. The van der Waals surface area contributed by atoms with Gasteiger partial charge >= 0.3 is 0 Å². The van der Waals surface area contributed by atoms with E-state index in [9.17, 15) is 16.8 Å². The van der Waals surface area contributed by atoms with E-state index in [-0.39, 0.29) is 15.5 Å². The molecule has 0 aliphatic heterocycles. The first-order valence-corrected chi connectivity index (χ1v) is 12.2. The highest BCUT2D eigenvalue weighted by atomic mass is 32.2. The summed E-state index contributed by atoms with van der Waals surface area (Å²) in [5.41, 5.74) is 0.874. The van der Waals surface area contributed by atoms with Crippen LogP contribution < -0.4 is 4.72 Å². The van der Waals surface area contributed by atoms with Crippen LogP contribution in [0.3, 0.4) is 0 Å². The number of hydrogen-bond donors (Lipinski definition) is 1. The summed E-state index contributed by atoms with van der Waals surface area (Å²) in [4.78, 5) is 0.176. The Bertz CT molecular complexity index is 1250. The molecule has 3 aromatic rings. The lowest BCUT2D eigenvalue weighted by Crippen LogP contribution is -2.30. The van der Waals surface area contributed by atoms with Crippen molar-refractivity contribution in [3.8, 4) is 0 Å². The summed E-state index contributed by atoms with van der Waals surface area (Å²) in [7, 11) is -7.57. The van der Waals surface area contributed by atoms with Crippen LogP contribution in [0.5, 0.6) is 0 Å². The van der Waals surface area contributed by atoms with Gasteiger partial charge in [-0.25, -0.2) is 16.8 Å². The van der Waals surface area contributed by atoms with E-state index < -0.39 is 20.0 Å². The highest BCUT2D eigenvalue weighted by Gasteiger charge is 2.23. The molecule has 0 amide bonds. The molecule has 0 atom stereocenters. The minimum Gasteiger partial charge on any atom is -0.279 e. The van der Waals surface area contributed by atoms with Gasteiger partial charge in [0.25, 0.3) is 10.0 Å². The predicted molar refractivity (Wildman–Crippen MR) is 116 cm³/mol. The molecule has 0 aromatic heterocycles. The van der Waals surface area contributed by atoms with Gasteiger partial charge in [-0.05, 0) is 47.5 Å². The molecule has 0 aliphatic carbocycles. The number of rotatable bonds is 7. The lowest BCUT2D eigenvalue weighted by atomic mass is 10.1. The van der Waals surface area contributed by atoms with E-state index in [4.69, 9.17) is 0 Å². The molecule has 1 N–H and O–H groups in total. The second kappa shape index (κ2) is 8.14. The van der Waals surface area contributed by atoms with Crippen molar-refractivity contribution in [1.29, 1.82) is 0 Å². The molecule has 154 valence electrons. The quantitative estimate of drug-likeness (QED) is 0.612. The number of anilines is 1. The Morgan fingerprint density at radius 1 is 0.793 bits per heavy atom. The fraction of sp³-hybridized carbons (Fsp3) is 0.238. The van der Waals surface area contributed by atoms with Gasteiger partial charge in [0.15, 0.2) is 0 Å². The maximum absolute atomic E-state index is 12.9. The summed E-state index contributed by atoms with van der Waals surface area (Å²) in [5, 5.41) is 1.75. The van der Waals surface area contributed by atoms with Gasteiger partial charge in [0, 0.05) is 13.1 Å². The molecule has 3 rings (SSSR count). The summed E-state index contributed by atoms with van der Waals surface area (Å²) < 4.78 is 55.3. The molecule has 3 aromatic carbocycles. The zero-order valence-electron chi connectivity index (χ0n) is 16.6. The second-order valence-electron chi connectivity index (χ2n) is 6.68. The smallest absolute Gasteiger partial charge is 0.261 e. The molecule has 0 radical (unpaired) electrons. The van der Waals surface area contributed by atoms with Crippen LogP contribution >= 0.6 is 0 Å². The maximum atomic E-state index is 12.9. The van der Waals surface area contributed by atoms with Gasteiger partial charge in [-0.3, -0.25) is 4.72 Å². The first kappa shape index (κ1) is 21.3. The van der Waals surface area contributed by atoms with Gasteiger partial charge in [0.05, 0.1) is 15.5 Å². The summed E-state index contributed by atoms with van der Waals surface area (Å²) >= 11 is 0. The van der Waals surface area contributed by atoms with Crippen molar-refractivity contribution >= 4 is 36.5 Å². The van der Waals surface area contributed by atoms with Gasteiger partial charge in [0.2, 0.25) is 10.0 Å². The van der Waals surface area contributed by atoms with Gasteiger partial charge in [-0.15, -0.1) is 0 Å². The Morgan fingerprint density at radius 3 is 2.07 bits per heavy atom. The SMILES string of the molecule is CCN(CC)S(=O)(=O)c1ccc(C)c(NS(=O)(=O)c2ccc3ccccc3c2)c1. The van der Waals surface area contributed by atoms with Crippen molar-refractivity contribution in [2.45, 2.75) is 30.6 Å². The van der Waals surface area contributed by atoms with Crippen LogP contribution in [0.2, 0.25) is 0 Å². The molecular formula is C21H24N2O4S2. The minimum absolute atomic E-state index is 0.0583. The van der Waals surface area contributed by atoms with Gasteiger partial charge in [0.1, 0.15) is 0 Å². The highest BCUT2D eigenvalue weighted by Crippen LogP contribution is 2.26. The normalized spacial score (nSPS) is 12.4. The summed E-state index contributed by atoms with van der Waals surface area (Å²) in [5.74, 6) is 0. The van der Waals surface area contributed by atoms with E-state index >= 15 is 0 Å². The van der Waals surface area contributed by atoms with Crippen molar-refractivity contribution < 1.29 is 16.8 Å². The largest absolute Gasteiger partial charge is 0.279 e. The van der Waals surface area contributed by atoms with Crippen molar-refractivity contribution in [3.63, 3.8) is 0 Å². The summed E-state index contributed by atoms with van der Waals surface area (Å²) in [6.07, 6.45) is 0. The molecule has 0 heterocycles. The molecule has 8 heteroatoms. The van der Waals surface area contributed by atoms with Crippen LogP contribution in [0.4, 0.5) is 5.69 Å². The van der Waals surface area contributed by atoms with Gasteiger partial charge in [-0.2, -0.15) is 4.31 Å². The third-order valence-electron chi connectivity index (χ3n) is 4.83. The molecule has 0 spiro atoms. The fourth-order valence-corrected chi connectivity index (χ4v) is 5.76. The Kier molecular flexibility index (Phi) is 5.97. The number of sulfonamides is 2. The Hall–Kier alpha value is -2.42. The molecule has 29 heavy (non-hydrogen) atoms. The van der Waals surface area contributed by atoms with Crippen LogP contribution in [0.15, 0.2) is 70.5 Å². The van der Waals surface area contributed by atoms with E-state index in [0.717, 1.165) is 10.8 Å². The van der Waals surface area contributed by atoms with Crippen LogP contribution in [-0.4, -0.2) is 34.2 Å². The predicted octanol–water partition coefficient (Wildman–Crippen LogP) is 3.98. The number of benzene rings is 3. The first-order chi connectivity index (χ1) is 13.7. The molecule has 0 saturated heterocycles. The van der Waals surface area contributed by atoms with Crippen molar-refractivity contribution in [2.75, 3.05) is 17.8 Å². The van der Waals surface area contributed by atoms with Crippen molar-refractivity contribution in [2.24, 2.45) is 0 Å². The first-order valence-electron chi connectivity index (χ1n) is 9.31. The van der Waals surface area contributed by atoms with Gasteiger partial charge < -0.3 is 0 Å². The number of aryl methyl sites for hydroxylation is 1. The average Bonchev–Trinajstić information content (AvgIpc) is 2.69. The average molecular weight is 433 g/mol. The molecule has 0 saturated carbocycles. The fourth-order valence-electron chi connectivity index (χ4n) is 3.12. The van der Waals surface area contributed by atoms with E-state index in [0.29, 0.717) is 18.7 Å². The van der Waals surface area contributed by atoms with Crippen LogP contribution in [0, 0.1) is 6.92 Å². The lowest BCUT2D eigenvalue weighted by Gasteiger charge is -2.19. The summed E-state index contributed by atoms with van der Waals surface area (Å²) in [6.45, 7) is 5.93. The monoisotopic (exact) mass is 432 g/mol. The zero-order valence-corrected chi connectivity index (χ0v) is 18.2. The Morgan fingerprint density at radius 2 is 1.41 bits per heavy atom. The third kappa shape index (κ3) is 4.29. The number of fused-ring (bicyclic) bond motifs is 1.